The molecule has 3 heterocycles. The average Bonchev–Trinajstić information content (AvgIpc) is 3.43. The number of hydrogen-bond donors (Lipinski definition) is 0. The van der Waals surface area contributed by atoms with E-state index < -0.39 is 45.2 Å². The van der Waals surface area contributed by atoms with Crippen molar-refractivity contribution < 1.29 is 36.6 Å². The lowest BCUT2D eigenvalue weighted by Gasteiger charge is -2.45. The van der Waals surface area contributed by atoms with E-state index in [1.165, 1.54) is 58.7 Å². The van der Waals surface area contributed by atoms with Gasteiger partial charge < -0.3 is 32.1 Å². The fourth-order valence-electron chi connectivity index (χ4n) is 8.90. The Morgan fingerprint density at radius 1 is 0.518 bits per heavy atom. The highest BCUT2D eigenvalue weighted by Crippen LogP contribution is 2.44. The van der Waals surface area contributed by atoms with Crippen LogP contribution in [0.25, 0.3) is 21.9 Å². The van der Waals surface area contributed by atoms with Gasteiger partial charge in [0.05, 0.1) is 19.8 Å². The first kappa shape index (κ1) is 36.1. The van der Waals surface area contributed by atoms with Crippen LogP contribution in [0.1, 0.15) is 77.2 Å². The second-order valence-corrected chi connectivity index (χ2v) is 16.3. The highest BCUT2D eigenvalue weighted by atomic mass is 31.1. The number of fused-ring (bicyclic) bond motifs is 7. The lowest BCUT2D eigenvalue weighted by atomic mass is 9.84. The molecule has 0 radical (unpaired) electrons. The molecule has 0 bridgehead atoms. The molecule has 10 rings (SSSR count). The summed E-state index contributed by atoms with van der Waals surface area (Å²) in [6, 6.07) is 38.9. The van der Waals surface area contributed by atoms with Crippen molar-refractivity contribution in [1.29, 1.82) is 0 Å². The molecular formula is C47H47O8P. The molecule has 2 aliphatic carbocycles. The van der Waals surface area contributed by atoms with Gasteiger partial charge in [-0.05, 0) is 91.3 Å². The standard InChI is InChI=1S/C47H47O8P/c1-4-14-31(15-5-1)28-48-40-29-49-46(34-18-6-2-7-19-34)51-44(40)45-41(30-50-47(52-45)35-20-8-3-9-21-35)55-56-53-38-26-24-32-16-10-12-22-36(32)42(38)43-37-23-13-11-17-33(37)25-27-39(43)54-56/h1-9,14-15,18-21,24-27,40-41,44-47H,10-13,16-17,22-23,28-30H2/t40-,41-,44-,45-,46?,47?/m1/s1. The highest BCUT2D eigenvalue weighted by Gasteiger charge is 2.47. The van der Waals surface area contributed by atoms with E-state index in [-0.39, 0.29) is 6.61 Å². The third kappa shape index (κ3) is 7.36. The molecule has 6 aromatic rings. The van der Waals surface area contributed by atoms with Gasteiger partial charge in [0, 0.05) is 21.9 Å². The molecule has 6 atom stereocenters. The van der Waals surface area contributed by atoms with Gasteiger partial charge in [0.1, 0.15) is 35.6 Å². The minimum Gasteiger partial charge on any atom is -0.399 e. The molecule has 288 valence electrons. The van der Waals surface area contributed by atoms with Crippen molar-refractivity contribution in [2.75, 3.05) is 13.2 Å². The van der Waals surface area contributed by atoms with Crippen LogP contribution in [-0.2, 0) is 56.0 Å². The third-order valence-corrected chi connectivity index (χ3v) is 12.8. The summed E-state index contributed by atoms with van der Waals surface area (Å²) in [6.07, 6.45) is 5.43. The Morgan fingerprint density at radius 2 is 1.00 bits per heavy atom. The van der Waals surface area contributed by atoms with Crippen molar-refractivity contribution in [3.8, 4) is 0 Å². The Balaban J connectivity index is 1.06. The maximum atomic E-state index is 7.01. The molecule has 56 heavy (non-hydrogen) atoms. The summed E-state index contributed by atoms with van der Waals surface area (Å²) >= 11 is 0. The average molecular weight is 771 g/mol. The van der Waals surface area contributed by atoms with Gasteiger partial charge >= 0.3 is 8.24 Å². The number of aryl methyl sites for hydroxylation is 4. The summed E-state index contributed by atoms with van der Waals surface area (Å²) < 4.78 is 54.1. The highest BCUT2D eigenvalue weighted by molar-refractivity contribution is 7.31. The van der Waals surface area contributed by atoms with Crippen molar-refractivity contribution in [2.45, 2.75) is 95.0 Å². The van der Waals surface area contributed by atoms with Crippen molar-refractivity contribution in [1.82, 2.24) is 0 Å². The van der Waals surface area contributed by atoms with Gasteiger partial charge in [-0.3, -0.25) is 4.52 Å². The summed E-state index contributed by atoms with van der Waals surface area (Å²) in [7, 11) is -1.94. The van der Waals surface area contributed by atoms with E-state index in [9.17, 15) is 0 Å². The molecule has 2 unspecified atom stereocenters. The van der Waals surface area contributed by atoms with Crippen LogP contribution in [0, 0.1) is 0 Å². The molecule has 1 aromatic heterocycles. The monoisotopic (exact) mass is 770 g/mol. The van der Waals surface area contributed by atoms with Crippen LogP contribution in [0.2, 0.25) is 0 Å². The zero-order valence-electron chi connectivity index (χ0n) is 31.4. The van der Waals surface area contributed by atoms with Gasteiger partial charge in [-0.2, -0.15) is 0 Å². The van der Waals surface area contributed by atoms with E-state index in [1.807, 2.05) is 78.9 Å². The molecule has 9 heteroatoms. The maximum Gasteiger partial charge on any atom is 0.387 e. The van der Waals surface area contributed by atoms with Crippen LogP contribution in [0.5, 0.6) is 0 Å². The molecule has 2 aliphatic heterocycles. The molecule has 0 N–H and O–H groups in total. The lowest BCUT2D eigenvalue weighted by Crippen LogP contribution is -2.58. The molecule has 5 aromatic carbocycles. The Bertz CT molecular complexity index is 2240. The van der Waals surface area contributed by atoms with Gasteiger partial charge in [-0.15, -0.1) is 0 Å². The molecule has 0 saturated carbocycles. The summed E-state index contributed by atoms with van der Waals surface area (Å²) in [5, 5.41) is 2.38. The van der Waals surface area contributed by atoms with Crippen LogP contribution in [0.3, 0.4) is 0 Å². The molecule has 0 spiro atoms. The summed E-state index contributed by atoms with van der Waals surface area (Å²) in [5.74, 6) is 0. The Labute approximate surface area is 328 Å². The van der Waals surface area contributed by atoms with Crippen LogP contribution in [0.15, 0.2) is 124 Å². The van der Waals surface area contributed by atoms with Crippen LogP contribution < -0.4 is 4.52 Å². The van der Waals surface area contributed by atoms with Gasteiger partial charge in [0.15, 0.2) is 12.6 Å². The quantitative estimate of drug-likeness (QED) is 0.151. The largest absolute Gasteiger partial charge is 0.399 e. The Hall–Kier alpha value is -4.24. The van der Waals surface area contributed by atoms with Crippen LogP contribution >= 0.6 is 8.24 Å². The number of ether oxygens (including phenoxy) is 5. The van der Waals surface area contributed by atoms with E-state index in [4.69, 9.17) is 36.6 Å². The van der Waals surface area contributed by atoms with Gasteiger partial charge in [-0.25, -0.2) is 0 Å². The summed E-state index contributed by atoms with van der Waals surface area (Å²) in [5.41, 5.74) is 10.1. The number of benzene rings is 5. The lowest BCUT2D eigenvalue weighted by molar-refractivity contribution is -0.332. The minimum absolute atomic E-state index is 0.228. The summed E-state index contributed by atoms with van der Waals surface area (Å²) in [6.45, 7) is 0.925. The smallest absolute Gasteiger partial charge is 0.387 e. The first-order valence-corrected chi connectivity index (χ1v) is 21.3. The Kier molecular flexibility index (Phi) is 10.5. The summed E-state index contributed by atoms with van der Waals surface area (Å²) in [4.78, 5) is 0. The van der Waals surface area contributed by atoms with E-state index in [0.717, 1.165) is 53.5 Å². The fourth-order valence-corrected chi connectivity index (χ4v) is 10.0. The SMILES string of the molecule is c1ccc(CO[C@@H]2COC(c3ccccc3)O[C@H]2[C@@H]2OC(c3ccccc3)OC[C@H]2Op2oc3ccc4c(c3c3c5c(ccc3o2)CCCC5)CCCC4)cc1. The fraction of sp³-hybridized carbons (Fsp3) is 0.362. The van der Waals surface area contributed by atoms with Crippen LogP contribution in [0.4, 0.5) is 0 Å². The second-order valence-electron chi connectivity index (χ2n) is 15.3. The minimum atomic E-state index is -1.94. The molecular weight excluding hydrogens is 723 g/mol. The zero-order chi connectivity index (χ0) is 37.3. The second kappa shape index (κ2) is 16.3. The predicted molar refractivity (Wildman–Crippen MR) is 215 cm³/mol. The number of hydrogen-bond acceptors (Lipinski definition) is 8. The van der Waals surface area contributed by atoms with E-state index in [2.05, 4.69) is 36.4 Å². The molecule has 0 amide bonds. The normalized spacial score (nSPS) is 25.1. The maximum absolute atomic E-state index is 7.01. The van der Waals surface area contributed by atoms with Gasteiger partial charge in [0.2, 0.25) is 0 Å². The van der Waals surface area contributed by atoms with E-state index >= 15 is 0 Å². The Morgan fingerprint density at radius 3 is 1.55 bits per heavy atom. The van der Waals surface area contributed by atoms with Crippen molar-refractivity contribution in [3.05, 3.63) is 154 Å². The van der Waals surface area contributed by atoms with E-state index in [1.54, 1.807) is 0 Å². The van der Waals surface area contributed by atoms with Crippen molar-refractivity contribution in [2.24, 2.45) is 0 Å². The zero-order valence-corrected chi connectivity index (χ0v) is 32.3. The van der Waals surface area contributed by atoms with Crippen molar-refractivity contribution in [3.63, 3.8) is 0 Å². The van der Waals surface area contributed by atoms with Gasteiger partial charge in [0.25, 0.3) is 0 Å². The molecule has 8 nitrogen and oxygen atoms in total. The van der Waals surface area contributed by atoms with Crippen LogP contribution in [-0.4, -0.2) is 37.6 Å². The van der Waals surface area contributed by atoms with E-state index in [0.29, 0.717) is 13.2 Å². The predicted octanol–water partition coefficient (Wildman–Crippen LogP) is 10.7. The topological polar surface area (TPSA) is 81.7 Å². The third-order valence-electron chi connectivity index (χ3n) is 11.7. The first-order valence-electron chi connectivity index (χ1n) is 20.2. The molecule has 2 fully saturated rings. The van der Waals surface area contributed by atoms with Crippen molar-refractivity contribution >= 4 is 30.2 Å². The molecule has 4 aliphatic rings. The first-order chi connectivity index (χ1) is 27.7. The number of rotatable bonds is 8. The van der Waals surface area contributed by atoms with Gasteiger partial charge in [-0.1, -0.05) is 103 Å². The molecule has 2 saturated heterocycles.